The predicted molar refractivity (Wildman–Crippen MR) is 54.0 cm³/mol. The van der Waals surface area contributed by atoms with Crippen LogP contribution in [0.4, 0.5) is 0 Å². The number of carboxylic acid groups (broad SMARTS) is 1. The summed E-state index contributed by atoms with van der Waals surface area (Å²) >= 11 is 0. The predicted octanol–water partition coefficient (Wildman–Crippen LogP) is -0.749. The van der Waals surface area contributed by atoms with Crippen LogP contribution in [-0.4, -0.2) is 45.0 Å². The molecular formula is C9H13N3O4. The zero-order valence-corrected chi connectivity index (χ0v) is 8.75. The molecule has 0 saturated heterocycles. The lowest BCUT2D eigenvalue weighted by Crippen LogP contribution is -2.33. The maximum Gasteiger partial charge on any atom is 0.338 e. The van der Waals surface area contributed by atoms with Crippen molar-refractivity contribution in [3.8, 4) is 0 Å². The zero-order valence-electron chi connectivity index (χ0n) is 8.75. The van der Waals surface area contributed by atoms with Gasteiger partial charge in [-0.15, -0.1) is 0 Å². The van der Waals surface area contributed by atoms with Gasteiger partial charge in [-0.25, -0.2) is 4.79 Å². The van der Waals surface area contributed by atoms with E-state index in [9.17, 15) is 9.59 Å². The number of hydrogen-bond acceptors (Lipinski definition) is 4. The standard InChI is InChI=1S/C9H13N3O4/c1-6(8(14)10-2-3-13)12-5-7(4-11-12)9(15)16/h4-6,13H,2-3H2,1H3,(H,10,14)(H,15,16). The molecule has 0 spiro atoms. The Morgan fingerprint density at radius 3 is 2.81 bits per heavy atom. The second-order valence-corrected chi connectivity index (χ2v) is 3.20. The Kier molecular flexibility index (Phi) is 4.01. The van der Waals surface area contributed by atoms with Crippen molar-refractivity contribution in [3.05, 3.63) is 18.0 Å². The lowest BCUT2D eigenvalue weighted by molar-refractivity contribution is -0.124. The van der Waals surface area contributed by atoms with Crippen LogP contribution in [0.15, 0.2) is 12.4 Å². The first-order chi connectivity index (χ1) is 7.56. The first-order valence-corrected chi connectivity index (χ1v) is 4.72. The maximum atomic E-state index is 11.5. The molecule has 7 heteroatoms. The van der Waals surface area contributed by atoms with Gasteiger partial charge in [0.05, 0.1) is 18.4 Å². The van der Waals surface area contributed by atoms with Crippen LogP contribution in [0.3, 0.4) is 0 Å². The van der Waals surface area contributed by atoms with E-state index in [4.69, 9.17) is 10.2 Å². The number of carbonyl (C=O) groups excluding carboxylic acids is 1. The van der Waals surface area contributed by atoms with Gasteiger partial charge in [-0.2, -0.15) is 5.10 Å². The molecule has 0 aliphatic heterocycles. The van der Waals surface area contributed by atoms with Gasteiger partial charge in [0.25, 0.3) is 0 Å². The van der Waals surface area contributed by atoms with Crippen LogP contribution in [0.2, 0.25) is 0 Å². The minimum atomic E-state index is -1.09. The molecule has 0 bridgehead atoms. The molecule has 0 saturated carbocycles. The summed E-state index contributed by atoms with van der Waals surface area (Å²) in [5.41, 5.74) is 0.0295. The van der Waals surface area contributed by atoms with Crippen molar-refractivity contribution in [1.29, 1.82) is 0 Å². The molecule has 0 aromatic carbocycles. The summed E-state index contributed by atoms with van der Waals surface area (Å²) in [6.45, 7) is 1.61. The third kappa shape index (κ3) is 2.80. The third-order valence-electron chi connectivity index (χ3n) is 2.04. The second-order valence-electron chi connectivity index (χ2n) is 3.20. The lowest BCUT2D eigenvalue weighted by Gasteiger charge is -2.11. The summed E-state index contributed by atoms with van der Waals surface area (Å²) in [6.07, 6.45) is 2.46. The normalized spacial score (nSPS) is 12.1. The summed E-state index contributed by atoms with van der Waals surface area (Å²) < 4.78 is 1.26. The summed E-state index contributed by atoms with van der Waals surface area (Å²) in [4.78, 5) is 22.0. The van der Waals surface area contributed by atoms with Gasteiger partial charge in [0, 0.05) is 12.7 Å². The number of amides is 1. The van der Waals surface area contributed by atoms with Crippen LogP contribution >= 0.6 is 0 Å². The fourth-order valence-electron chi connectivity index (χ4n) is 1.11. The van der Waals surface area contributed by atoms with Crippen molar-refractivity contribution in [2.45, 2.75) is 13.0 Å². The molecule has 1 aromatic rings. The van der Waals surface area contributed by atoms with E-state index in [0.717, 1.165) is 0 Å². The molecule has 1 heterocycles. The number of rotatable bonds is 5. The second kappa shape index (κ2) is 5.26. The molecule has 16 heavy (non-hydrogen) atoms. The fraction of sp³-hybridized carbons (Fsp3) is 0.444. The summed E-state index contributed by atoms with van der Waals surface area (Å²) in [5, 5.41) is 23.5. The van der Waals surface area contributed by atoms with E-state index in [1.165, 1.54) is 17.1 Å². The van der Waals surface area contributed by atoms with Crippen molar-refractivity contribution < 1.29 is 19.8 Å². The first-order valence-electron chi connectivity index (χ1n) is 4.72. The van der Waals surface area contributed by atoms with E-state index in [-0.39, 0.29) is 24.6 Å². The zero-order chi connectivity index (χ0) is 12.1. The van der Waals surface area contributed by atoms with E-state index < -0.39 is 12.0 Å². The molecule has 0 fully saturated rings. The van der Waals surface area contributed by atoms with E-state index in [1.54, 1.807) is 6.92 Å². The van der Waals surface area contributed by atoms with Crippen molar-refractivity contribution >= 4 is 11.9 Å². The number of carboxylic acids is 1. The molecular weight excluding hydrogens is 214 g/mol. The molecule has 1 amide bonds. The average Bonchev–Trinajstić information content (AvgIpc) is 2.74. The number of nitrogens with one attached hydrogen (secondary N) is 1. The minimum absolute atomic E-state index is 0.0295. The molecule has 7 nitrogen and oxygen atoms in total. The van der Waals surface area contributed by atoms with E-state index in [0.29, 0.717) is 0 Å². The number of aliphatic hydroxyl groups is 1. The van der Waals surface area contributed by atoms with Gasteiger partial charge in [-0.05, 0) is 6.92 Å². The number of nitrogens with zero attached hydrogens (tertiary/aromatic N) is 2. The number of aromatic nitrogens is 2. The van der Waals surface area contributed by atoms with Crippen LogP contribution < -0.4 is 5.32 Å². The Bertz CT molecular complexity index is 388. The molecule has 88 valence electrons. The quantitative estimate of drug-likeness (QED) is 0.614. The summed E-state index contributed by atoms with van der Waals surface area (Å²) in [7, 11) is 0. The van der Waals surface area contributed by atoms with Crippen LogP contribution in [0.1, 0.15) is 23.3 Å². The number of hydrogen-bond donors (Lipinski definition) is 3. The Balaban J connectivity index is 2.68. The Morgan fingerprint density at radius 2 is 2.31 bits per heavy atom. The van der Waals surface area contributed by atoms with Crippen LogP contribution in [0, 0.1) is 0 Å². The highest BCUT2D eigenvalue weighted by Gasteiger charge is 2.16. The van der Waals surface area contributed by atoms with Crippen molar-refractivity contribution in [1.82, 2.24) is 15.1 Å². The Hall–Kier alpha value is -1.89. The number of aliphatic hydroxyl groups excluding tert-OH is 1. The van der Waals surface area contributed by atoms with Crippen LogP contribution in [0.5, 0.6) is 0 Å². The van der Waals surface area contributed by atoms with Gasteiger partial charge in [0.1, 0.15) is 6.04 Å². The molecule has 0 aliphatic carbocycles. The van der Waals surface area contributed by atoms with Gasteiger partial charge >= 0.3 is 5.97 Å². The molecule has 1 unspecified atom stereocenters. The molecule has 1 aromatic heterocycles. The summed E-state index contributed by atoms with van der Waals surface area (Å²) in [6, 6.07) is -0.611. The molecule has 0 radical (unpaired) electrons. The van der Waals surface area contributed by atoms with Crippen LogP contribution in [0.25, 0.3) is 0 Å². The highest BCUT2D eigenvalue weighted by atomic mass is 16.4. The minimum Gasteiger partial charge on any atom is -0.478 e. The molecule has 0 aliphatic rings. The highest BCUT2D eigenvalue weighted by Crippen LogP contribution is 2.06. The molecule has 3 N–H and O–H groups in total. The monoisotopic (exact) mass is 227 g/mol. The SMILES string of the molecule is CC(C(=O)NCCO)n1cc(C(=O)O)cn1. The van der Waals surface area contributed by atoms with Gasteiger partial charge in [0.2, 0.25) is 5.91 Å². The smallest absolute Gasteiger partial charge is 0.338 e. The first kappa shape index (κ1) is 12.2. The highest BCUT2D eigenvalue weighted by molar-refractivity contribution is 5.87. The van der Waals surface area contributed by atoms with Crippen molar-refractivity contribution in [3.63, 3.8) is 0 Å². The summed E-state index contributed by atoms with van der Waals surface area (Å²) in [5.74, 6) is -1.41. The van der Waals surface area contributed by atoms with Gasteiger partial charge in [0.15, 0.2) is 0 Å². The van der Waals surface area contributed by atoms with Crippen molar-refractivity contribution in [2.75, 3.05) is 13.2 Å². The van der Waals surface area contributed by atoms with E-state index in [2.05, 4.69) is 10.4 Å². The van der Waals surface area contributed by atoms with Gasteiger partial charge in [-0.3, -0.25) is 9.48 Å². The molecule has 1 rings (SSSR count). The maximum absolute atomic E-state index is 11.5. The lowest BCUT2D eigenvalue weighted by atomic mass is 10.3. The van der Waals surface area contributed by atoms with E-state index in [1.807, 2.05) is 0 Å². The fourth-order valence-corrected chi connectivity index (χ4v) is 1.11. The Labute approximate surface area is 91.7 Å². The van der Waals surface area contributed by atoms with Crippen LogP contribution in [-0.2, 0) is 4.79 Å². The number of carbonyl (C=O) groups is 2. The van der Waals surface area contributed by atoms with Gasteiger partial charge in [-0.1, -0.05) is 0 Å². The number of aromatic carboxylic acids is 1. The Morgan fingerprint density at radius 1 is 1.62 bits per heavy atom. The van der Waals surface area contributed by atoms with E-state index >= 15 is 0 Å². The van der Waals surface area contributed by atoms with Crippen molar-refractivity contribution in [2.24, 2.45) is 0 Å². The van der Waals surface area contributed by atoms with Gasteiger partial charge < -0.3 is 15.5 Å². The average molecular weight is 227 g/mol. The largest absolute Gasteiger partial charge is 0.478 e. The third-order valence-corrected chi connectivity index (χ3v) is 2.04. The topological polar surface area (TPSA) is 104 Å². The molecule has 1 atom stereocenters.